The van der Waals surface area contributed by atoms with E-state index in [2.05, 4.69) is 0 Å². The van der Waals surface area contributed by atoms with Crippen LogP contribution in [0.5, 0.6) is 0 Å². The highest BCUT2D eigenvalue weighted by atomic mass is 16.3. The highest BCUT2D eigenvalue weighted by Crippen LogP contribution is 2.20. The van der Waals surface area contributed by atoms with Gasteiger partial charge < -0.3 is 10.0 Å². The van der Waals surface area contributed by atoms with Gasteiger partial charge in [-0.3, -0.25) is 9.59 Å². The second kappa shape index (κ2) is 6.81. The molecule has 1 N–H and O–H groups in total. The Morgan fingerprint density at radius 1 is 1.00 bits per heavy atom. The predicted octanol–water partition coefficient (Wildman–Crippen LogP) is 2.33. The number of anilines is 1. The summed E-state index contributed by atoms with van der Waals surface area (Å²) in [6.07, 6.45) is -0.737. The maximum Gasteiger partial charge on any atom is 0.249 e. The lowest BCUT2D eigenvalue weighted by atomic mass is 10.1. The first-order valence-electron chi connectivity index (χ1n) is 7.88. The molecule has 0 aliphatic heterocycles. The van der Waals surface area contributed by atoms with Crippen molar-refractivity contribution in [3.05, 3.63) is 97.8 Å². The maximum atomic E-state index is 11.8. The molecule has 0 saturated heterocycles. The average Bonchev–Trinajstić information content (AvgIpc) is 2.60. The molecule has 0 amide bonds. The van der Waals surface area contributed by atoms with Gasteiger partial charge in [0.05, 0.1) is 11.8 Å². The molecule has 1 unspecified atom stereocenters. The number of rotatable bonds is 6. The second-order valence-corrected chi connectivity index (χ2v) is 6.02. The summed E-state index contributed by atoms with van der Waals surface area (Å²) in [6.45, 7) is 2.71. The topological polar surface area (TPSA) is 57.6 Å². The molecule has 0 bridgehead atoms. The lowest BCUT2D eigenvalue weighted by molar-refractivity contribution is 0.183. The molecule has 0 heterocycles. The standard InChI is InChI=1S/C20H19NO3/c1-14-7-9-16(10-8-14)19(23)13-21(17-11-18(22)20(17)24)12-15-5-3-2-4-6-15/h2-11,19,23H,12-13H2,1H3. The third-order valence-electron chi connectivity index (χ3n) is 4.14. The van der Waals surface area contributed by atoms with Gasteiger partial charge in [0, 0.05) is 19.2 Å². The monoisotopic (exact) mass is 321 g/mol. The van der Waals surface area contributed by atoms with E-state index in [1.807, 2.05) is 61.5 Å². The summed E-state index contributed by atoms with van der Waals surface area (Å²) in [7, 11) is 0. The van der Waals surface area contributed by atoms with Crippen molar-refractivity contribution in [2.24, 2.45) is 0 Å². The molecule has 0 aliphatic carbocycles. The molecule has 4 heteroatoms. The average molecular weight is 321 g/mol. The Kier molecular flexibility index (Phi) is 4.58. The van der Waals surface area contributed by atoms with E-state index in [1.165, 1.54) is 6.07 Å². The summed E-state index contributed by atoms with van der Waals surface area (Å²) in [5.74, 6) is 0. The van der Waals surface area contributed by atoms with Gasteiger partial charge in [-0.2, -0.15) is 0 Å². The second-order valence-electron chi connectivity index (χ2n) is 6.02. The van der Waals surface area contributed by atoms with Crippen molar-refractivity contribution in [1.29, 1.82) is 0 Å². The summed E-state index contributed by atoms with van der Waals surface area (Å²) in [4.78, 5) is 24.9. The van der Waals surface area contributed by atoms with Gasteiger partial charge in [-0.15, -0.1) is 0 Å². The fraction of sp³-hybridized carbons (Fsp3) is 0.200. The van der Waals surface area contributed by atoms with Crippen LogP contribution < -0.4 is 15.8 Å². The van der Waals surface area contributed by atoms with Crippen LogP contribution in [0, 0.1) is 6.92 Å². The number of hydrogen-bond acceptors (Lipinski definition) is 4. The van der Waals surface area contributed by atoms with Crippen molar-refractivity contribution in [2.45, 2.75) is 19.6 Å². The van der Waals surface area contributed by atoms with Crippen LogP contribution in [0.2, 0.25) is 0 Å². The van der Waals surface area contributed by atoms with Crippen LogP contribution in [0.15, 0.2) is 70.3 Å². The predicted molar refractivity (Wildman–Crippen MR) is 95.0 cm³/mol. The number of aliphatic hydroxyl groups excluding tert-OH is 1. The van der Waals surface area contributed by atoms with E-state index in [4.69, 9.17) is 0 Å². The van der Waals surface area contributed by atoms with Gasteiger partial charge in [-0.25, -0.2) is 0 Å². The summed E-state index contributed by atoms with van der Waals surface area (Å²) in [5.41, 5.74) is 2.33. The molecule has 0 aromatic heterocycles. The first-order valence-corrected chi connectivity index (χ1v) is 7.88. The highest BCUT2D eigenvalue weighted by Gasteiger charge is 2.21. The van der Waals surface area contributed by atoms with Crippen LogP contribution in [0.3, 0.4) is 0 Å². The van der Waals surface area contributed by atoms with Crippen LogP contribution in [0.1, 0.15) is 22.8 Å². The molecule has 0 spiro atoms. The minimum absolute atomic E-state index is 0.253. The minimum Gasteiger partial charge on any atom is -0.387 e. The molecule has 3 rings (SSSR count). The van der Waals surface area contributed by atoms with Gasteiger partial charge in [0.25, 0.3) is 0 Å². The maximum absolute atomic E-state index is 11.8. The van der Waals surface area contributed by atoms with E-state index in [0.29, 0.717) is 12.2 Å². The molecule has 0 radical (unpaired) electrons. The number of benzene rings is 2. The van der Waals surface area contributed by atoms with Gasteiger partial charge in [0.1, 0.15) is 0 Å². The zero-order valence-electron chi connectivity index (χ0n) is 13.5. The van der Waals surface area contributed by atoms with Crippen LogP contribution in [0.4, 0.5) is 5.69 Å². The lowest BCUT2D eigenvalue weighted by Crippen LogP contribution is -2.40. The van der Waals surface area contributed by atoms with E-state index in [9.17, 15) is 14.7 Å². The lowest BCUT2D eigenvalue weighted by Gasteiger charge is -2.27. The molecule has 4 nitrogen and oxygen atoms in total. The number of hydrogen-bond donors (Lipinski definition) is 1. The SMILES string of the molecule is Cc1ccc(C(O)CN(Cc2ccccc2)c2cc(=O)c2=O)cc1. The van der Waals surface area contributed by atoms with Crippen molar-refractivity contribution >= 4 is 5.69 Å². The first-order chi connectivity index (χ1) is 11.5. The third kappa shape index (κ3) is 3.44. The van der Waals surface area contributed by atoms with Gasteiger partial charge in [0.15, 0.2) is 0 Å². The smallest absolute Gasteiger partial charge is 0.249 e. The molecule has 122 valence electrons. The Bertz CT molecular complexity index is 877. The molecule has 0 fully saturated rings. The highest BCUT2D eigenvalue weighted by molar-refractivity contribution is 5.51. The Balaban J connectivity index is 1.82. The van der Waals surface area contributed by atoms with Gasteiger partial charge in [-0.05, 0) is 18.1 Å². The van der Waals surface area contributed by atoms with E-state index >= 15 is 0 Å². The molecule has 24 heavy (non-hydrogen) atoms. The molecular formula is C20H19NO3. The molecule has 0 saturated carbocycles. The summed E-state index contributed by atoms with van der Waals surface area (Å²) < 4.78 is 0. The fourth-order valence-corrected chi connectivity index (χ4v) is 2.69. The van der Waals surface area contributed by atoms with Gasteiger partial charge in [-0.1, -0.05) is 60.2 Å². The third-order valence-corrected chi connectivity index (χ3v) is 4.14. The van der Waals surface area contributed by atoms with Gasteiger partial charge >= 0.3 is 0 Å². The number of aryl methyl sites for hydroxylation is 1. The largest absolute Gasteiger partial charge is 0.387 e. The number of nitrogens with zero attached hydrogens (tertiary/aromatic N) is 1. The number of aliphatic hydroxyl groups is 1. The van der Waals surface area contributed by atoms with Crippen LogP contribution in [-0.2, 0) is 6.54 Å². The zero-order valence-corrected chi connectivity index (χ0v) is 13.5. The Morgan fingerprint density at radius 3 is 2.25 bits per heavy atom. The van der Waals surface area contributed by atoms with Crippen molar-refractivity contribution in [3.8, 4) is 0 Å². The molecule has 3 aromatic rings. The normalized spacial score (nSPS) is 12.2. The quantitative estimate of drug-likeness (QED) is 0.708. The molecule has 3 aromatic carbocycles. The van der Waals surface area contributed by atoms with Crippen LogP contribution in [-0.4, -0.2) is 11.7 Å². The van der Waals surface area contributed by atoms with Gasteiger partial charge in [0.2, 0.25) is 10.9 Å². The van der Waals surface area contributed by atoms with E-state index in [-0.39, 0.29) is 6.54 Å². The zero-order chi connectivity index (χ0) is 17.1. The van der Waals surface area contributed by atoms with Crippen molar-refractivity contribution in [3.63, 3.8) is 0 Å². The summed E-state index contributed by atoms with van der Waals surface area (Å²) >= 11 is 0. The van der Waals surface area contributed by atoms with Crippen molar-refractivity contribution in [2.75, 3.05) is 11.4 Å². The fourth-order valence-electron chi connectivity index (χ4n) is 2.69. The van der Waals surface area contributed by atoms with E-state index in [0.717, 1.165) is 16.7 Å². The Hall–Kier alpha value is -2.72. The Morgan fingerprint density at radius 2 is 1.67 bits per heavy atom. The van der Waals surface area contributed by atoms with E-state index in [1.54, 1.807) is 4.90 Å². The van der Waals surface area contributed by atoms with Crippen molar-refractivity contribution < 1.29 is 5.11 Å². The van der Waals surface area contributed by atoms with Crippen molar-refractivity contribution in [1.82, 2.24) is 0 Å². The molecule has 0 aliphatic rings. The Labute approximate surface area is 140 Å². The van der Waals surface area contributed by atoms with E-state index < -0.39 is 17.0 Å². The summed E-state index contributed by atoms with van der Waals surface area (Å²) in [5, 5.41) is 10.5. The molecule has 1 atom stereocenters. The molecular weight excluding hydrogens is 302 g/mol. The minimum atomic E-state index is -0.737. The first kappa shape index (κ1) is 16.1. The summed E-state index contributed by atoms with van der Waals surface area (Å²) in [6, 6.07) is 18.7. The van der Waals surface area contributed by atoms with Crippen LogP contribution in [0.25, 0.3) is 0 Å². The van der Waals surface area contributed by atoms with Crippen LogP contribution >= 0.6 is 0 Å².